The molecule has 0 saturated carbocycles. The highest BCUT2D eigenvalue weighted by molar-refractivity contribution is 6.32. The van der Waals surface area contributed by atoms with Crippen molar-refractivity contribution in [1.29, 1.82) is 0 Å². The minimum Gasteiger partial charge on any atom is -0.311 e. The predicted molar refractivity (Wildman–Crippen MR) is 67.7 cm³/mol. The second-order valence-corrected chi connectivity index (χ2v) is 3.89. The van der Waals surface area contributed by atoms with E-state index in [0.29, 0.717) is 16.5 Å². The van der Waals surface area contributed by atoms with Crippen LogP contribution in [0.5, 0.6) is 0 Å². The van der Waals surface area contributed by atoms with Crippen molar-refractivity contribution in [3.8, 4) is 11.5 Å². The SMILES string of the molecule is CCNCc1ccnc(-c2ncccc2Cl)n1. The van der Waals surface area contributed by atoms with E-state index < -0.39 is 0 Å². The second kappa shape index (κ2) is 5.70. The molecule has 0 saturated heterocycles. The molecule has 1 N–H and O–H groups in total. The fraction of sp³-hybridized carbons (Fsp3) is 0.250. The molecule has 4 nitrogen and oxygen atoms in total. The van der Waals surface area contributed by atoms with Crippen LogP contribution in [0.3, 0.4) is 0 Å². The number of hydrogen-bond donors (Lipinski definition) is 1. The second-order valence-electron chi connectivity index (χ2n) is 3.49. The summed E-state index contributed by atoms with van der Waals surface area (Å²) in [5.74, 6) is 0.561. The Balaban J connectivity index is 2.30. The van der Waals surface area contributed by atoms with E-state index in [2.05, 4.69) is 27.2 Å². The lowest BCUT2D eigenvalue weighted by Gasteiger charge is -2.04. The lowest BCUT2D eigenvalue weighted by Crippen LogP contribution is -2.13. The van der Waals surface area contributed by atoms with E-state index in [9.17, 15) is 0 Å². The molecule has 0 spiro atoms. The summed E-state index contributed by atoms with van der Waals surface area (Å²) in [6.45, 7) is 3.68. The minimum atomic E-state index is 0.561. The Morgan fingerprint density at radius 1 is 1.24 bits per heavy atom. The Bertz CT molecular complexity index is 501. The molecule has 2 aromatic heterocycles. The van der Waals surface area contributed by atoms with Gasteiger partial charge in [-0.15, -0.1) is 0 Å². The molecule has 0 aromatic carbocycles. The van der Waals surface area contributed by atoms with Crippen LogP contribution in [0.25, 0.3) is 11.5 Å². The highest BCUT2D eigenvalue weighted by Crippen LogP contribution is 2.21. The molecule has 0 atom stereocenters. The lowest BCUT2D eigenvalue weighted by atomic mass is 10.3. The molecule has 2 aromatic rings. The average molecular weight is 249 g/mol. The van der Waals surface area contributed by atoms with Gasteiger partial charge in [-0.2, -0.15) is 0 Å². The average Bonchev–Trinajstić information content (AvgIpc) is 2.37. The number of nitrogens with one attached hydrogen (secondary N) is 1. The van der Waals surface area contributed by atoms with Gasteiger partial charge in [0.15, 0.2) is 5.82 Å². The first-order valence-electron chi connectivity index (χ1n) is 5.44. The fourth-order valence-corrected chi connectivity index (χ4v) is 1.62. The first-order chi connectivity index (χ1) is 8.31. The van der Waals surface area contributed by atoms with E-state index in [1.165, 1.54) is 0 Å². The van der Waals surface area contributed by atoms with Gasteiger partial charge in [0, 0.05) is 18.9 Å². The zero-order chi connectivity index (χ0) is 12.1. The Hall–Kier alpha value is -1.52. The van der Waals surface area contributed by atoms with Crippen molar-refractivity contribution < 1.29 is 0 Å². The van der Waals surface area contributed by atoms with Crippen molar-refractivity contribution in [3.63, 3.8) is 0 Å². The minimum absolute atomic E-state index is 0.561. The van der Waals surface area contributed by atoms with Crippen LogP contribution in [0.1, 0.15) is 12.6 Å². The quantitative estimate of drug-likeness (QED) is 0.902. The number of nitrogens with zero attached hydrogens (tertiary/aromatic N) is 3. The molecule has 0 amide bonds. The van der Waals surface area contributed by atoms with E-state index in [1.54, 1.807) is 24.5 Å². The predicted octanol–water partition coefficient (Wildman–Crippen LogP) is 2.30. The molecule has 0 unspecified atom stereocenters. The van der Waals surface area contributed by atoms with Crippen LogP contribution < -0.4 is 5.32 Å². The maximum Gasteiger partial charge on any atom is 0.179 e. The first-order valence-corrected chi connectivity index (χ1v) is 5.82. The van der Waals surface area contributed by atoms with Gasteiger partial charge in [0.05, 0.1) is 10.7 Å². The van der Waals surface area contributed by atoms with E-state index in [1.807, 2.05) is 6.07 Å². The summed E-state index contributed by atoms with van der Waals surface area (Å²) in [4.78, 5) is 12.8. The van der Waals surface area contributed by atoms with E-state index in [4.69, 9.17) is 11.6 Å². The Morgan fingerprint density at radius 2 is 2.12 bits per heavy atom. The zero-order valence-electron chi connectivity index (χ0n) is 9.52. The molecular weight excluding hydrogens is 236 g/mol. The highest BCUT2D eigenvalue weighted by atomic mass is 35.5. The lowest BCUT2D eigenvalue weighted by molar-refractivity contribution is 0.709. The molecule has 2 rings (SSSR count). The van der Waals surface area contributed by atoms with Gasteiger partial charge in [-0.25, -0.2) is 9.97 Å². The standard InChI is InChI=1S/C12H13ClN4/c1-2-14-8-9-5-7-16-12(17-9)11-10(13)4-3-6-15-11/h3-7,14H,2,8H2,1H3. The van der Waals surface area contributed by atoms with Crippen LogP contribution in [0.4, 0.5) is 0 Å². The van der Waals surface area contributed by atoms with E-state index in [-0.39, 0.29) is 0 Å². The van der Waals surface area contributed by atoms with Crippen molar-refractivity contribution in [2.45, 2.75) is 13.5 Å². The topological polar surface area (TPSA) is 50.7 Å². The van der Waals surface area contributed by atoms with Crippen LogP contribution in [0, 0.1) is 0 Å². The van der Waals surface area contributed by atoms with Gasteiger partial charge >= 0.3 is 0 Å². The molecule has 5 heteroatoms. The zero-order valence-corrected chi connectivity index (χ0v) is 10.3. The number of halogens is 1. The van der Waals surface area contributed by atoms with Crippen LogP contribution in [0.2, 0.25) is 5.02 Å². The summed E-state index contributed by atoms with van der Waals surface area (Å²) in [7, 11) is 0. The Labute approximate surface area is 105 Å². The first kappa shape index (κ1) is 12.0. The third kappa shape index (κ3) is 2.99. The molecule has 0 aliphatic carbocycles. The van der Waals surface area contributed by atoms with E-state index in [0.717, 1.165) is 18.8 Å². The number of aromatic nitrogens is 3. The highest BCUT2D eigenvalue weighted by Gasteiger charge is 2.07. The Morgan fingerprint density at radius 3 is 2.88 bits per heavy atom. The monoisotopic (exact) mass is 248 g/mol. The third-order valence-corrected chi connectivity index (χ3v) is 2.54. The summed E-state index contributed by atoms with van der Waals surface area (Å²) in [5.41, 5.74) is 1.55. The third-order valence-electron chi connectivity index (χ3n) is 2.24. The molecule has 17 heavy (non-hydrogen) atoms. The van der Waals surface area contributed by atoms with Crippen molar-refractivity contribution in [1.82, 2.24) is 20.3 Å². The molecule has 0 aliphatic rings. The number of rotatable bonds is 4. The van der Waals surface area contributed by atoms with Crippen LogP contribution in [0.15, 0.2) is 30.6 Å². The fourth-order valence-electron chi connectivity index (χ4n) is 1.41. The van der Waals surface area contributed by atoms with Gasteiger partial charge in [0.1, 0.15) is 5.69 Å². The molecule has 0 aliphatic heterocycles. The maximum absolute atomic E-state index is 6.06. The van der Waals surface area contributed by atoms with Gasteiger partial charge in [0.25, 0.3) is 0 Å². The number of pyridine rings is 1. The van der Waals surface area contributed by atoms with Crippen LogP contribution in [-0.4, -0.2) is 21.5 Å². The summed E-state index contributed by atoms with van der Waals surface area (Å²) in [6.07, 6.45) is 3.40. The van der Waals surface area contributed by atoms with Crippen LogP contribution >= 0.6 is 11.6 Å². The van der Waals surface area contributed by atoms with E-state index >= 15 is 0 Å². The molecule has 2 heterocycles. The molecule has 0 bridgehead atoms. The van der Waals surface area contributed by atoms with Gasteiger partial charge in [-0.1, -0.05) is 18.5 Å². The summed E-state index contributed by atoms with van der Waals surface area (Å²) < 4.78 is 0. The Kier molecular flexibility index (Phi) is 4.01. The molecular formula is C12H13ClN4. The van der Waals surface area contributed by atoms with Gasteiger partial charge < -0.3 is 5.32 Å². The van der Waals surface area contributed by atoms with Crippen molar-refractivity contribution >= 4 is 11.6 Å². The smallest absolute Gasteiger partial charge is 0.179 e. The van der Waals surface area contributed by atoms with Crippen molar-refractivity contribution in [2.24, 2.45) is 0 Å². The largest absolute Gasteiger partial charge is 0.311 e. The molecule has 0 fully saturated rings. The van der Waals surface area contributed by atoms with Crippen molar-refractivity contribution in [2.75, 3.05) is 6.54 Å². The maximum atomic E-state index is 6.06. The number of hydrogen-bond acceptors (Lipinski definition) is 4. The van der Waals surface area contributed by atoms with Crippen molar-refractivity contribution in [3.05, 3.63) is 41.3 Å². The summed E-state index contributed by atoms with van der Waals surface area (Å²) in [6, 6.07) is 5.45. The van der Waals surface area contributed by atoms with Gasteiger partial charge in [-0.3, -0.25) is 4.98 Å². The normalized spacial score (nSPS) is 10.5. The molecule has 88 valence electrons. The summed E-state index contributed by atoms with van der Waals surface area (Å²) in [5, 5.41) is 3.78. The molecule has 0 radical (unpaired) electrons. The van der Waals surface area contributed by atoms with Crippen LogP contribution in [-0.2, 0) is 6.54 Å². The summed E-state index contributed by atoms with van der Waals surface area (Å²) >= 11 is 6.06. The van der Waals surface area contributed by atoms with Gasteiger partial charge in [-0.05, 0) is 24.7 Å². The van der Waals surface area contributed by atoms with Gasteiger partial charge in [0.2, 0.25) is 0 Å².